The van der Waals surface area contributed by atoms with Crippen LogP contribution in [0.2, 0.25) is 0 Å². The molecule has 0 radical (unpaired) electrons. The van der Waals surface area contributed by atoms with E-state index in [1.807, 2.05) is 31.6 Å². The summed E-state index contributed by atoms with van der Waals surface area (Å²) in [6.45, 7) is 7.71. The number of carbonyl (C=O) groups is 1. The highest BCUT2D eigenvalue weighted by atomic mass is 32.2. The van der Waals surface area contributed by atoms with Crippen molar-refractivity contribution in [2.45, 2.75) is 50.7 Å². The number of piperidine rings is 1. The Balaban J connectivity index is 1.36. The average Bonchev–Trinajstić information content (AvgIpc) is 3.14. The van der Waals surface area contributed by atoms with Gasteiger partial charge in [0, 0.05) is 44.0 Å². The normalized spacial score (nSPS) is 15.5. The van der Waals surface area contributed by atoms with Crippen molar-refractivity contribution in [2.24, 2.45) is 5.92 Å². The van der Waals surface area contributed by atoms with Crippen molar-refractivity contribution in [3.63, 3.8) is 0 Å². The minimum atomic E-state index is -3.24. The Morgan fingerprint density at radius 1 is 1.18 bits per heavy atom. The van der Waals surface area contributed by atoms with Gasteiger partial charge in [0.2, 0.25) is 5.95 Å². The summed E-state index contributed by atoms with van der Waals surface area (Å²) < 4.78 is 30.6. The second-order valence-corrected chi connectivity index (χ2v) is 11.7. The molecule has 0 saturated carbocycles. The number of rotatable bonds is 5. The van der Waals surface area contributed by atoms with Gasteiger partial charge in [0.05, 0.1) is 10.3 Å². The highest BCUT2D eigenvalue weighted by Crippen LogP contribution is 2.23. The molecule has 0 aliphatic carbocycles. The van der Waals surface area contributed by atoms with Gasteiger partial charge in [0.1, 0.15) is 5.60 Å². The number of aromatic nitrogens is 4. The van der Waals surface area contributed by atoms with E-state index in [9.17, 15) is 13.2 Å². The van der Waals surface area contributed by atoms with Crippen molar-refractivity contribution in [1.82, 2.24) is 24.6 Å². The number of ether oxygens (including phenoxy) is 1. The lowest BCUT2D eigenvalue weighted by atomic mass is 9.97. The van der Waals surface area contributed by atoms with Gasteiger partial charge in [-0.2, -0.15) is 10.1 Å². The van der Waals surface area contributed by atoms with Crippen molar-refractivity contribution in [3.05, 3.63) is 36.7 Å². The highest BCUT2D eigenvalue weighted by Gasteiger charge is 2.27. The van der Waals surface area contributed by atoms with Crippen LogP contribution in [0.5, 0.6) is 0 Å². The molecular formula is C23H30N6O4S. The predicted molar refractivity (Wildman–Crippen MR) is 129 cm³/mol. The lowest BCUT2D eigenvalue weighted by molar-refractivity contribution is 0.0177. The monoisotopic (exact) mass is 486 g/mol. The molecule has 1 fully saturated rings. The Hall–Kier alpha value is -3.21. The Labute approximate surface area is 199 Å². The van der Waals surface area contributed by atoms with Crippen LogP contribution in [0.3, 0.4) is 0 Å². The highest BCUT2D eigenvalue weighted by molar-refractivity contribution is 7.90. The summed E-state index contributed by atoms with van der Waals surface area (Å²) in [5.41, 5.74) is 0.775. The summed E-state index contributed by atoms with van der Waals surface area (Å²) in [6, 6.07) is 6.43. The Morgan fingerprint density at radius 3 is 2.47 bits per heavy atom. The molecule has 1 aromatic carbocycles. The van der Waals surface area contributed by atoms with Crippen LogP contribution < -0.4 is 5.32 Å². The van der Waals surface area contributed by atoms with Crippen LogP contribution in [0.1, 0.15) is 33.6 Å². The van der Waals surface area contributed by atoms with Gasteiger partial charge in [-0.3, -0.25) is 4.68 Å². The SMILES string of the molecule is CC(C)(C)OC(=O)N1CCC(Cn2cc3cnc(Nc4ccc(S(C)(=O)=O)cc4)nc3n2)CC1. The van der Waals surface area contributed by atoms with Gasteiger partial charge in [0.15, 0.2) is 15.5 Å². The maximum absolute atomic E-state index is 12.3. The largest absolute Gasteiger partial charge is 0.444 e. The molecule has 3 heterocycles. The summed E-state index contributed by atoms with van der Waals surface area (Å²) >= 11 is 0. The number of sulfone groups is 1. The summed E-state index contributed by atoms with van der Waals surface area (Å²) in [4.78, 5) is 23.1. The van der Waals surface area contributed by atoms with E-state index >= 15 is 0 Å². The van der Waals surface area contributed by atoms with E-state index in [-0.39, 0.29) is 11.0 Å². The number of nitrogens with zero attached hydrogens (tertiary/aromatic N) is 5. The number of amides is 1. The van der Waals surface area contributed by atoms with E-state index in [1.54, 1.807) is 35.4 Å². The third kappa shape index (κ3) is 6.02. The fraction of sp³-hybridized carbons (Fsp3) is 0.478. The number of fused-ring (bicyclic) bond motifs is 1. The molecule has 0 bridgehead atoms. The molecule has 2 aromatic heterocycles. The zero-order chi connectivity index (χ0) is 24.5. The molecule has 1 aliphatic rings. The molecule has 1 amide bonds. The number of nitrogens with one attached hydrogen (secondary N) is 1. The Bertz CT molecular complexity index is 1270. The van der Waals surface area contributed by atoms with Gasteiger partial charge in [-0.15, -0.1) is 0 Å². The number of hydrogen-bond acceptors (Lipinski definition) is 8. The smallest absolute Gasteiger partial charge is 0.410 e. The molecule has 182 valence electrons. The minimum absolute atomic E-state index is 0.253. The quantitative estimate of drug-likeness (QED) is 0.581. The van der Waals surface area contributed by atoms with E-state index < -0.39 is 15.4 Å². The average molecular weight is 487 g/mol. The van der Waals surface area contributed by atoms with Crippen LogP contribution in [0, 0.1) is 5.92 Å². The van der Waals surface area contributed by atoms with E-state index in [0.29, 0.717) is 36.3 Å². The first-order valence-corrected chi connectivity index (χ1v) is 13.1. The van der Waals surface area contributed by atoms with Gasteiger partial charge in [-0.1, -0.05) is 0 Å². The molecule has 0 atom stereocenters. The zero-order valence-electron chi connectivity index (χ0n) is 19.9. The Kier molecular flexibility index (Phi) is 6.48. The first kappa shape index (κ1) is 23.9. The third-order valence-corrected chi connectivity index (χ3v) is 6.69. The van der Waals surface area contributed by atoms with Crippen LogP contribution in [0.25, 0.3) is 11.0 Å². The van der Waals surface area contributed by atoms with E-state index in [1.165, 1.54) is 6.26 Å². The number of carbonyl (C=O) groups excluding carboxylic acids is 1. The molecule has 10 nitrogen and oxygen atoms in total. The molecule has 0 unspecified atom stereocenters. The fourth-order valence-corrected chi connectivity index (χ4v) is 4.45. The fourth-order valence-electron chi connectivity index (χ4n) is 3.82. The van der Waals surface area contributed by atoms with Crippen molar-refractivity contribution in [3.8, 4) is 0 Å². The first-order chi connectivity index (χ1) is 16.0. The molecule has 34 heavy (non-hydrogen) atoms. The number of anilines is 2. The van der Waals surface area contributed by atoms with Crippen LogP contribution in [0.4, 0.5) is 16.4 Å². The van der Waals surface area contributed by atoms with Crippen LogP contribution in [0.15, 0.2) is 41.6 Å². The van der Waals surface area contributed by atoms with Gasteiger partial charge in [0.25, 0.3) is 0 Å². The topological polar surface area (TPSA) is 119 Å². The standard InChI is InChI=1S/C23H30N6O4S/c1-23(2,3)33-22(30)28-11-9-16(10-12-28)14-29-15-17-13-24-21(26-20(17)27-29)25-18-5-7-19(8-6-18)34(4,31)32/h5-8,13,15-16H,9-12,14H2,1-4H3,(H,25,26,27). The van der Waals surface area contributed by atoms with Gasteiger partial charge in [-0.25, -0.2) is 18.2 Å². The number of hydrogen-bond donors (Lipinski definition) is 1. The third-order valence-electron chi connectivity index (χ3n) is 5.56. The first-order valence-electron chi connectivity index (χ1n) is 11.2. The molecule has 4 rings (SSSR count). The summed E-state index contributed by atoms with van der Waals surface area (Å²) in [6.07, 6.45) is 6.34. The molecule has 1 N–H and O–H groups in total. The molecule has 3 aromatic rings. The van der Waals surface area contributed by atoms with Crippen LogP contribution in [-0.2, 0) is 21.1 Å². The van der Waals surface area contributed by atoms with Crippen molar-refractivity contribution in [2.75, 3.05) is 24.7 Å². The van der Waals surface area contributed by atoms with Crippen molar-refractivity contribution in [1.29, 1.82) is 0 Å². The van der Waals surface area contributed by atoms with Gasteiger partial charge >= 0.3 is 6.09 Å². The molecular weight excluding hydrogens is 456 g/mol. The van der Waals surface area contributed by atoms with E-state index in [4.69, 9.17) is 4.74 Å². The second kappa shape index (κ2) is 9.21. The van der Waals surface area contributed by atoms with Crippen LogP contribution >= 0.6 is 0 Å². The summed E-state index contributed by atoms with van der Waals surface area (Å²) in [5.74, 6) is 0.794. The summed E-state index contributed by atoms with van der Waals surface area (Å²) in [7, 11) is -3.24. The lowest BCUT2D eigenvalue weighted by Gasteiger charge is -2.33. The number of likely N-dealkylation sites (tertiary alicyclic amines) is 1. The molecule has 0 spiro atoms. The second-order valence-electron chi connectivity index (χ2n) is 9.66. The predicted octanol–water partition coefficient (Wildman–Crippen LogP) is 3.62. The summed E-state index contributed by atoms with van der Waals surface area (Å²) in [5, 5.41) is 8.52. The molecule has 11 heteroatoms. The van der Waals surface area contributed by atoms with E-state index in [0.717, 1.165) is 24.8 Å². The maximum Gasteiger partial charge on any atom is 0.410 e. The Morgan fingerprint density at radius 2 is 1.85 bits per heavy atom. The van der Waals surface area contributed by atoms with Crippen molar-refractivity contribution < 1.29 is 17.9 Å². The van der Waals surface area contributed by atoms with Gasteiger partial charge in [-0.05, 0) is 63.8 Å². The maximum atomic E-state index is 12.3. The number of benzene rings is 1. The lowest BCUT2D eigenvalue weighted by Crippen LogP contribution is -2.42. The van der Waals surface area contributed by atoms with Gasteiger partial charge < -0.3 is 15.0 Å². The zero-order valence-corrected chi connectivity index (χ0v) is 20.7. The van der Waals surface area contributed by atoms with Crippen LogP contribution in [-0.4, -0.2) is 64.1 Å². The molecule has 1 aliphatic heterocycles. The van der Waals surface area contributed by atoms with Crippen molar-refractivity contribution >= 4 is 38.6 Å². The molecule has 1 saturated heterocycles. The minimum Gasteiger partial charge on any atom is -0.444 e. The van der Waals surface area contributed by atoms with E-state index in [2.05, 4.69) is 20.4 Å².